The van der Waals surface area contributed by atoms with Crippen molar-refractivity contribution in [3.05, 3.63) is 59.7 Å². The van der Waals surface area contributed by atoms with Crippen molar-refractivity contribution in [3.8, 4) is 11.5 Å². The number of benzene rings is 2. The average molecular weight is 368 g/mol. The summed E-state index contributed by atoms with van der Waals surface area (Å²) in [4.78, 5) is 14.7. The van der Waals surface area contributed by atoms with E-state index in [4.69, 9.17) is 4.74 Å². The molecule has 0 saturated carbocycles. The van der Waals surface area contributed by atoms with Crippen LogP contribution in [0.15, 0.2) is 48.5 Å². The second kappa shape index (κ2) is 9.42. The van der Waals surface area contributed by atoms with Crippen molar-refractivity contribution in [3.63, 3.8) is 0 Å². The van der Waals surface area contributed by atoms with E-state index >= 15 is 0 Å². The number of amides is 1. The van der Waals surface area contributed by atoms with Crippen LogP contribution in [0, 0.1) is 5.92 Å². The molecule has 2 aromatic rings. The smallest absolute Gasteiger partial charge is 0.223 e. The lowest BCUT2D eigenvalue weighted by Crippen LogP contribution is -2.40. The zero-order chi connectivity index (χ0) is 19.1. The van der Waals surface area contributed by atoms with Gasteiger partial charge < -0.3 is 15.2 Å². The minimum absolute atomic E-state index is 0.0796. The zero-order valence-corrected chi connectivity index (χ0v) is 15.9. The van der Waals surface area contributed by atoms with E-state index in [1.165, 1.54) is 5.56 Å². The molecular weight excluding hydrogens is 340 g/mol. The van der Waals surface area contributed by atoms with Crippen LogP contribution in [-0.4, -0.2) is 42.7 Å². The lowest BCUT2D eigenvalue weighted by atomic mass is 9.95. The maximum absolute atomic E-state index is 12.4. The summed E-state index contributed by atoms with van der Waals surface area (Å²) in [6.45, 7) is 3.06. The lowest BCUT2D eigenvalue weighted by Gasteiger charge is -2.31. The number of carbonyl (C=O) groups is 1. The van der Waals surface area contributed by atoms with Gasteiger partial charge in [0.25, 0.3) is 0 Å². The topological polar surface area (TPSA) is 61.8 Å². The SMILES string of the molecule is COc1cccc(CN2CCC(C(=O)NCCc3ccccc3)CC2)c1O. The minimum atomic E-state index is 0.0796. The van der Waals surface area contributed by atoms with E-state index in [-0.39, 0.29) is 17.6 Å². The van der Waals surface area contributed by atoms with Crippen LogP contribution >= 0.6 is 0 Å². The number of nitrogens with zero attached hydrogens (tertiary/aromatic N) is 1. The minimum Gasteiger partial charge on any atom is -0.504 e. The molecule has 1 amide bonds. The van der Waals surface area contributed by atoms with E-state index in [1.54, 1.807) is 13.2 Å². The van der Waals surface area contributed by atoms with E-state index in [9.17, 15) is 9.90 Å². The van der Waals surface area contributed by atoms with Crippen LogP contribution in [0.3, 0.4) is 0 Å². The van der Waals surface area contributed by atoms with Crippen LogP contribution in [0.4, 0.5) is 0 Å². The third kappa shape index (κ3) is 5.23. The summed E-state index contributed by atoms with van der Waals surface area (Å²) < 4.78 is 5.17. The van der Waals surface area contributed by atoms with Gasteiger partial charge in [-0.05, 0) is 44.0 Å². The van der Waals surface area contributed by atoms with Crippen LogP contribution in [0.1, 0.15) is 24.0 Å². The number of nitrogens with one attached hydrogen (secondary N) is 1. The number of phenolic OH excluding ortho intramolecular Hbond substituents is 1. The Morgan fingerprint density at radius 2 is 1.89 bits per heavy atom. The molecular formula is C22H28N2O3. The number of likely N-dealkylation sites (tertiary alicyclic amines) is 1. The van der Waals surface area contributed by atoms with E-state index in [0.29, 0.717) is 18.8 Å². The Morgan fingerprint density at radius 3 is 2.59 bits per heavy atom. The molecule has 5 nitrogen and oxygen atoms in total. The van der Waals surface area contributed by atoms with Crippen molar-refractivity contribution in [2.24, 2.45) is 5.92 Å². The number of hydrogen-bond donors (Lipinski definition) is 2. The highest BCUT2D eigenvalue weighted by atomic mass is 16.5. The van der Waals surface area contributed by atoms with Gasteiger partial charge in [0.1, 0.15) is 0 Å². The molecule has 5 heteroatoms. The van der Waals surface area contributed by atoms with Gasteiger partial charge in [-0.15, -0.1) is 0 Å². The Labute approximate surface area is 161 Å². The van der Waals surface area contributed by atoms with Crippen LogP contribution in [-0.2, 0) is 17.8 Å². The predicted molar refractivity (Wildman–Crippen MR) is 106 cm³/mol. The fourth-order valence-electron chi connectivity index (χ4n) is 3.57. The van der Waals surface area contributed by atoms with E-state index in [1.807, 2.05) is 30.3 Å². The first-order valence-corrected chi connectivity index (χ1v) is 9.56. The highest BCUT2D eigenvalue weighted by Crippen LogP contribution is 2.31. The van der Waals surface area contributed by atoms with Crippen LogP contribution < -0.4 is 10.1 Å². The molecule has 27 heavy (non-hydrogen) atoms. The number of ether oxygens (including phenoxy) is 1. The number of para-hydroxylation sites is 1. The molecule has 0 radical (unpaired) electrons. The molecule has 1 aliphatic heterocycles. The Hall–Kier alpha value is -2.53. The summed E-state index contributed by atoms with van der Waals surface area (Å²) in [7, 11) is 1.56. The number of rotatable bonds is 7. The monoisotopic (exact) mass is 368 g/mol. The fraction of sp³-hybridized carbons (Fsp3) is 0.409. The molecule has 0 unspecified atom stereocenters. The van der Waals surface area contributed by atoms with Crippen LogP contribution in [0.2, 0.25) is 0 Å². The molecule has 2 N–H and O–H groups in total. The summed E-state index contributed by atoms with van der Waals surface area (Å²) in [5.41, 5.74) is 2.10. The Kier molecular flexibility index (Phi) is 6.71. The molecule has 1 saturated heterocycles. The fourth-order valence-corrected chi connectivity index (χ4v) is 3.57. The predicted octanol–water partition coefficient (Wildman–Crippen LogP) is 2.97. The van der Waals surface area contributed by atoms with Gasteiger partial charge in [0, 0.05) is 24.6 Å². The highest BCUT2D eigenvalue weighted by molar-refractivity contribution is 5.78. The average Bonchev–Trinajstić information content (AvgIpc) is 2.71. The van der Waals surface area contributed by atoms with Crippen molar-refractivity contribution in [2.45, 2.75) is 25.8 Å². The third-order valence-electron chi connectivity index (χ3n) is 5.21. The maximum Gasteiger partial charge on any atom is 0.223 e. The van der Waals surface area contributed by atoms with Gasteiger partial charge in [0.15, 0.2) is 11.5 Å². The molecule has 2 aromatic carbocycles. The zero-order valence-electron chi connectivity index (χ0n) is 15.9. The quantitative estimate of drug-likeness (QED) is 0.789. The van der Waals surface area contributed by atoms with Crippen molar-refractivity contribution < 1.29 is 14.6 Å². The lowest BCUT2D eigenvalue weighted by molar-refractivity contribution is -0.126. The normalized spacial score (nSPS) is 15.4. The largest absolute Gasteiger partial charge is 0.504 e. The van der Waals surface area contributed by atoms with Crippen molar-refractivity contribution in [2.75, 3.05) is 26.7 Å². The summed E-state index contributed by atoms with van der Waals surface area (Å²) >= 11 is 0. The molecule has 0 atom stereocenters. The highest BCUT2D eigenvalue weighted by Gasteiger charge is 2.25. The van der Waals surface area contributed by atoms with E-state index in [2.05, 4.69) is 22.3 Å². The molecule has 1 fully saturated rings. The summed E-state index contributed by atoms with van der Waals surface area (Å²) in [6, 6.07) is 15.8. The van der Waals surface area contributed by atoms with Gasteiger partial charge in [-0.2, -0.15) is 0 Å². The van der Waals surface area contributed by atoms with Gasteiger partial charge in [-0.1, -0.05) is 42.5 Å². The molecule has 1 heterocycles. The first-order valence-electron chi connectivity index (χ1n) is 9.56. The molecule has 144 valence electrons. The second-order valence-corrected chi connectivity index (χ2v) is 7.05. The third-order valence-corrected chi connectivity index (χ3v) is 5.21. The Bertz CT molecular complexity index is 740. The van der Waals surface area contributed by atoms with Gasteiger partial charge in [-0.3, -0.25) is 9.69 Å². The first kappa shape index (κ1) is 19.2. The van der Waals surface area contributed by atoms with Crippen molar-refractivity contribution in [1.82, 2.24) is 10.2 Å². The van der Waals surface area contributed by atoms with Crippen molar-refractivity contribution in [1.29, 1.82) is 0 Å². The number of aromatic hydroxyl groups is 1. The number of phenols is 1. The maximum atomic E-state index is 12.4. The van der Waals surface area contributed by atoms with E-state index in [0.717, 1.165) is 37.9 Å². The molecule has 0 aromatic heterocycles. The van der Waals surface area contributed by atoms with Crippen molar-refractivity contribution >= 4 is 5.91 Å². The summed E-state index contributed by atoms with van der Waals surface area (Å²) in [6.07, 6.45) is 2.56. The molecule has 0 aliphatic carbocycles. The number of carbonyl (C=O) groups excluding carboxylic acids is 1. The van der Waals surface area contributed by atoms with Crippen LogP contribution in [0.5, 0.6) is 11.5 Å². The molecule has 0 spiro atoms. The van der Waals surface area contributed by atoms with Gasteiger partial charge in [0.2, 0.25) is 5.91 Å². The van der Waals surface area contributed by atoms with Gasteiger partial charge in [0.05, 0.1) is 7.11 Å². The first-order chi connectivity index (χ1) is 13.2. The number of hydrogen-bond acceptors (Lipinski definition) is 4. The Balaban J connectivity index is 1.42. The summed E-state index contributed by atoms with van der Waals surface area (Å²) in [5.74, 6) is 0.951. The molecule has 3 rings (SSSR count). The number of methoxy groups -OCH3 is 1. The molecule has 0 bridgehead atoms. The standard InChI is InChI=1S/C22H28N2O3/c1-27-20-9-5-8-19(21(20)25)16-24-14-11-18(12-15-24)22(26)23-13-10-17-6-3-2-4-7-17/h2-9,18,25H,10-16H2,1H3,(H,23,26). The second-order valence-electron chi connectivity index (χ2n) is 7.05. The molecule has 1 aliphatic rings. The summed E-state index contributed by atoms with van der Waals surface area (Å²) in [5, 5.41) is 13.3. The van der Waals surface area contributed by atoms with Crippen LogP contribution in [0.25, 0.3) is 0 Å². The number of piperidine rings is 1. The Morgan fingerprint density at radius 1 is 1.15 bits per heavy atom. The van der Waals surface area contributed by atoms with E-state index < -0.39 is 0 Å². The van der Waals surface area contributed by atoms with Gasteiger partial charge >= 0.3 is 0 Å². The van der Waals surface area contributed by atoms with Gasteiger partial charge in [-0.25, -0.2) is 0 Å².